The van der Waals surface area contributed by atoms with E-state index in [1.54, 1.807) is 13.8 Å². The van der Waals surface area contributed by atoms with Gasteiger partial charge in [-0.05, 0) is 43.9 Å². The Hall–Kier alpha value is -5.30. The van der Waals surface area contributed by atoms with Crippen molar-refractivity contribution in [3.63, 3.8) is 0 Å². The van der Waals surface area contributed by atoms with E-state index in [1.807, 2.05) is 27.7 Å². The summed E-state index contributed by atoms with van der Waals surface area (Å²) in [5.74, 6) is -0.678. The number of rotatable bonds is 36. The van der Waals surface area contributed by atoms with Crippen LogP contribution in [0.3, 0.4) is 0 Å². The predicted octanol–water partition coefficient (Wildman–Crippen LogP) is 1.28. The van der Waals surface area contributed by atoms with Gasteiger partial charge >= 0.3 is 31.6 Å². The zero-order valence-corrected chi connectivity index (χ0v) is 64.2. The van der Waals surface area contributed by atoms with Crippen molar-refractivity contribution >= 4 is 96.1 Å². The molecule has 19 atom stereocenters. The van der Waals surface area contributed by atoms with Gasteiger partial charge in [-0.1, -0.05) is 54.3 Å². The third-order valence-corrected chi connectivity index (χ3v) is 21.0. The number of H-pyrrole nitrogens is 3. The first kappa shape index (κ1) is 87.9. The van der Waals surface area contributed by atoms with Gasteiger partial charge in [-0.3, -0.25) is 65.7 Å². The molecule has 4 saturated heterocycles. The monoisotopic (exact) mass is 1620 g/mol. The third-order valence-electron chi connectivity index (χ3n) is 16.3. The molecule has 6 aromatic heterocycles. The van der Waals surface area contributed by atoms with Gasteiger partial charge in [-0.25, -0.2) is 24.1 Å². The summed E-state index contributed by atoms with van der Waals surface area (Å²) >= 11 is 15.8. The number of imidazole rings is 2. The molecule has 596 valence electrons. The molecule has 42 nitrogen and oxygen atoms in total. The van der Waals surface area contributed by atoms with Crippen LogP contribution in [0, 0.1) is 13.8 Å². The highest BCUT2D eigenvalue weighted by atomic mass is 32.7. The normalized spacial score (nSPS) is 27.5. The number of aromatic nitrogens is 12. The van der Waals surface area contributed by atoms with E-state index in [4.69, 9.17) is 125 Å². The molecule has 4 aliphatic heterocycles. The fourth-order valence-corrected chi connectivity index (χ4v) is 15.9. The van der Waals surface area contributed by atoms with Crippen LogP contribution in [0.1, 0.15) is 84.5 Å². The van der Waals surface area contributed by atoms with Crippen molar-refractivity contribution in [1.82, 2.24) is 58.1 Å². The molecule has 0 bridgehead atoms. The topological polar surface area (TPSA) is 539 Å². The first-order valence-electron chi connectivity index (χ1n) is 32.9. The minimum absolute atomic E-state index is 0. The highest BCUT2D eigenvalue weighted by molar-refractivity contribution is 8.44. The van der Waals surface area contributed by atoms with Crippen LogP contribution in [0.15, 0.2) is 49.0 Å². The van der Waals surface area contributed by atoms with Crippen LogP contribution in [-0.4, -0.2) is 247 Å². The van der Waals surface area contributed by atoms with Gasteiger partial charge in [0.25, 0.3) is 16.7 Å². The number of anilines is 3. The minimum atomic E-state index is -4.96. The van der Waals surface area contributed by atoms with Crippen LogP contribution >= 0.6 is 32.5 Å². The second-order valence-electron chi connectivity index (χ2n) is 23.0. The van der Waals surface area contributed by atoms with Crippen molar-refractivity contribution in [2.75, 3.05) is 118 Å². The number of nitrogen functional groups attached to an aromatic ring is 3. The van der Waals surface area contributed by atoms with Crippen molar-refractivity contribution in [3.8, 4) is 0 Å². The zero-order valence-electron chi connectivity index (χ0n) is 59.0. The summed E-state index contributed by atoms with van der Waals surface area (Å²) in [6.45, 7) is -4.20. The summed E-state index contributed by atoms with van der Waals surface area (Å²) in [4.78, 5) is 117. The molecule has 0 aliphatic carbocycles. The van der Waals surface area contributed by atoms with Gasteiger partial charge in [0.1, 0.15) is 73.0 Å². The molecule has 106 heavy (non-hydrogen) atoms. The molecular formula is C58H94N15O27P3S3. The molecule has 48 heteroatoms. The number of methoxy groups -OCH3 is 4. The Morgan fingerprint density at radius 3 is 1.38 bits per heavy atom. The molecule has 0 saturated carbocycles. The molecule has 0 aromatic carbocycles. The number of nitrogens with two attached hydrogens (primary N) is 3. The highest BCUT2D eigenvalue weighted by Crippen LogP contribution is 2.59. The Labute approximate surface area is 621 Å². The highest BCUT2D eigenvalue weighted by Gasteiger charge is 2.56. The third kappa shape index (κ3) is 21.0. The van der Waals surface area contributed by atoms with E-state index in [-0.39, 0.29) is 112 Å². The predicted molar refractivity (Wildman–Crippen MR) is 389 cm³/mol. The molecule has 4 fully saturated rings. The lowest BCUT2D eigenvalue weighted by molar-refractivity contribution is -0.0826. The molecule has 7 unspecified atom stereocenters. The Balaban J connectivity index is 0.00000308. The van der Waals surface area contributed by atoms with Gasteiger partial charge in [0.05, 0.1) is 91.4 Å². The fourth-order valence-electron chi connectivity index (χ4n) is 11.5. The van der Waals surface area contributed by atoms with Crippen LogP contribution < -0.4 is 45.3 Å². The number of aryl methyl sites for hydroxylation is 2. The minimum Gasteiger partial charge on any atom is -0.387 e. The second-order valence-corrected chi connectivity index (χ2v) is 31.5. The van der Waals surface area contributed by atoms with E-state index in [0.29, 0.717) is 5.56 Å². The zero-order chi connectivity index (χ0) is 76.8. The van der Waals surface area contributed by atoms with E-state index in [2.05, 4.69) is 52.1 Å². The second kappa shape index (κ2) is 39.6. The molecule has 0 spiro atoms. The standard InChI is InChI=1S/C53H78N15O27P3S3.2C2H6.CH4/c1-8-26-33(37(83-14-10-79-5)47(89-26)66-18-25(3)43(70)64-53(66)74)93-97(76,100)87-20-28-35(39(85-16-12-81-7)49(91-28)68-23-58-31-42(68)61-51(56)63-45(31)72)95-98(77,101)88-21-29-34(38(84-15-11-80-6)48(92-29)67-22-57-30-41(67)60-50(55)62-44(30)71)94-96(75,99)86-19-27-32(69)36(82-13-9-78-4)46(90-27)65-17-24(2)40(54)59-52(65)73;2*1-2;/h17-18,22-23,26-29,32-39,46-49,69H,8-16,19-21H2,1-7H3,(H,75,99)(H,76,100)(H,77,101)(H2,54,59,73)(H,64,70,74)(H3,55,60,62,71)(H3,56,61,63,72);2*1-2H3;1H4/t26-,27-,28-,29-,32+,33+,34+,35+,36?,37?,38?,39?,46-,47-,48-,49-,96?,97?,98?;;;/m1.../s1. The maximum Gasteiger partial charge on any atom is 0.386 e. The largest absolute Gasteiger partial charge is 0.387 e. The van der Waals surface area contributed by atoms with E-state index in [1.165, 1.54) is 69.5 Å². The van der Waals surface area contributed by atoms with Crippen molar-refractivity contribution in [2.45, 2.75) is 160 Å². The molecule has 12 N–H and O–H groups in total. The van der Waals surface area contributed by atoms with Gasteiger partial charge in [0.2, 0.25) is 11.9 Å². The van der Waals surface area contributed by atoms with E-state index >= 15 is 4.57 Å². The number of thiol groups is 1. The number of hydrogen-bond acceptors (Lipinski definition) is 35. The van der Waals surface area contributed by atoms with E-state index in [9.17, 15) is 38.9 Å². The molecule has 4 aliphatic rings. The summed E-state index contributed by atoms with van der Waals surface area (Å²) in [6.07, 6.45) is -17.1. The molecule has 6 aromatic rings. The summed E-state index contributed by atoms with van der Waals surface area (Å²) in [7, 11) is 5.65. The van der Waals surface area contributed by atoms with Gasteiger partial charge in [0, 0.05) is 52.0 Å². The number of aliphatic hydroxyl groups excluding tert-OH is 1. The van der Waals surface area contributed by atoms with Gasteiger partial charge in [-0.2, -0.15) is 15.0 Å². The Kier molecular flexibility index (Phi) is 32.8. The Morgan fingerprint density at radius 1 is 0.528 bits per heavy atom. The van der Waals surface area contributed by atoms with Gasteiger partial charge < -0.3 is 98.0 Å². The van der Waals surface area contributed by atoms with Crippen LogP contribution in [0.25, 0.3) is 22.3 Å². The molecule has 10 heterocycles. The number of aromatic amines is 3. The summed E-state index contributed by atoms with van der Waals surface area (Å²) in [5, 5.41) is 11.7. The smallest absolute Gasteiger partial charge is 0.386 e. The van der Waals surface area contributed by atoms with E-state index in [0.717, 1.165) is 9.13 Å². The lowest BCUT2D eigenvalue weighted by Gasteiger charge is -2.30. The maximum absolute atomic E-state index is 15.3. The number of nitrogens with zero attached hydrogens (tertiary/aromatic N) is 9. The van der Waals surface area contributed by atoms with Crippen molar-refractivity contribution in [1.29, 1.82) is 0 Å². The summed E-state index contributed by atoms with van der Waals surface area (Å²) in [5.41, 5.74) is 14.1. The molecule has 0 radical (unpaired) electrons. The number of hydrogen-bond donors (Lipinski definition) is 10. The van der Waals surface area contributed by atoms with Crippen LogP contribution in [0.5, 0.6) is 0 Å². The van der Waals surface area contributed by atoms with Crippen LogP contribution in [0.4, 0.5) is 17.7 Å². The van der Waals surface area contributed by atoms with Crippen molar-refractivity contribution < 1.29 is 103 Å². The first-order valence-corrected chi connectivity index (χ1v) is 40.8. The Morgan fingerprint density at radius 2 is 0.915 bits per heavy atom. The Bertz CT molecular complexity index is 4330. The van der Waals surface area contributed by atoms with Gasteiger partial charge in [0.15, 0.2) is 47.2 Å². The average molecular weight is 1620 g/mol. The van der Waals surface area contributed by atoms with Crippen LogP contribution in [0.2, 0.25) is 0 Å². The summed E-state index contributed by atoms with van der Waals surface area (Å²) < 4.78 is 129. The first-order chi connectivity index (χ1) is 50.1. The van der Waals surface area contributed by atoms with Crippen molar-refractivity contribution in [2.24, 2.45) is 0 Å². The quantitative estimate of drug-likeness (QED) is 0.0150. The number of fused-ring (bicyclic) bond motifs is 2. The van der Waals surface area contributed by atoms with Crippen molar-refractivity contribution in [3.05, 3.63) is 88.2 Å². The average Bonchev–Trinajstić information content (AvgIpc) is 1.64. The lowest BCUT2D eigenvalue weighted by Crippen LogP contribution is -2.41. The molecule has 0 amide bonds. The number of aliphatic hydroxyl groups is 1. The molecule has 10 rings (SSSR count). The SMILES string of the molecule is C.CC.CC.CC[C@H]1O[C@@H](n2cc(C)c(=O)[nH]c2=O)C(OCCOC)[C@H]1OP(O)(=S)OC[C@H]1O[C@@H](n2cnc3c(=O)[nH]c(N)nc32)C(OCCOC)[C@H]1OP(=O)(S)OC[C@H]1O[C@@H](n2cnc3c(=O)[nH]c(N)nc32)C(OCCOC)[C@H]1OP(O)(=S)OC[C@H]1O[C@@H](n2cc(C)c(N)nc2=O)C(OCCOC)[C@H]1O. The molecular weight excluding hydrogens is 1530 g/mol. The van der Waals surface area contributed by atoms with E-state index < -0.39 is 166 Å². The van der Waals surface area contributed by atoms with Gasteiger partial charge in [-0.15, -0.1) is 0 Å². The fraction of sp³-hybridized carbons (Fsp3) is 0.690. The lowest BCUT2D eigenvalue weighted by atomic mass is 10.1. The maximum atomic E-state index is 15.3. The number of ether oxygens (including phenoxy) is 12. The number of nitrogens with one attached hydrogen (secondary N) is 3. The van der Waals surface area contributed by atoms with Crippen LogP contribution in [-0.2, 0) is 112 Å². The summed E-state index contributed by atoms with van der Waals surface area (Å²) in [6, 6.07) is 0.